The second kappa shape index (κ2) is 7.37. The molecule has 0 bridgehead atoms. The van der Waals surface area contributed by atoms with Crippen LogP contribution in [0.15, 0.2) is 37.4 Å². The molecular weight excluding hydrogens is 269 g/mol. The molecule has 3 nitrogen and oxygen atoms in total. The van der Waals surface area contributed by atoms with Gasteiger partial charge < -0.3 is 10.2 Å². The van der Waals surface area contributed by atoms with Crippen LogP contribution in [-0.4, -0.2) is 30.4 Å². The summed E-state index contributed by atoms with van der Waals surface area (Å²) >= 11 is 0. The lowest BCUT2D eigenvalue weighted by molar-refractivity contribution is -0.128. The summed E-state index contributed by atoms with van der Waals surface area (Å²) < 4.78 is 39.1. The number of anilines is 1. The van der Waals surface area contributed by atoms with Gasteiger partial charge in [0.25, 0.3) is 0 Å². The molecule has 0 heterocycles. The van der Waals surface area contributed by atoms with Crippen LogP contribution >= 0.6 is 0 Å². The summed E-state index contributed by atoms with van der Waals surface area (Å²) in [6, 6.07) is 1.82. The summed E-state index contributed by atoms with van der Waals surface area (Å²) in [7, 11) is 0. The first-order valence-corrected chi connectivity index (χ1v) is 5.88. The maximum Gasteiger partial charge on any atom is 0.242 e. The molecule has 1 aromatic carbocycles. The Morgan fingerprint density at radius 2 is 1.75 bits per heavy atom. The average Bonchev–Trinajstić information content (AvgIpc) is 2.43. The molecule has 0 aliphatic carbocycles. The molecule has 0 saturated heterocycles. The van der Waals surface area contributed by atoms with Gasteiger partial charge in [0.1, 0.15) is 0 Å². The van der Waals surface area contributed by atoms with Crippen molar-refractivity contribution >= 4 is 11.6 Å². The fourth-order valence-electron chi connectivity index (χ4n) is 1.53. The summed E-state index contributed by atoms with van der Waals surface area (Å²) in [5.41, 5.74) is -0.269. The lowest BCUT2D eigenvalue weighted by Crippen LogP contribution is -2.35. The van der Waals surface area contributed by atoms with Crippen molar-refractivity contribution in [3.05, 3.63) is 54.9 Å². The maximum absolute atomic E-state index is 13.4. The number of carbonyl (C=O) groups excluding carboxylic acids is 1. The zero-order chi connectivity index (χ0) is 15.1. The topological polar surface area (TPSA) is 32.3 Å². The standard InChI is InChI=1S/C14H15F3N2O/c1-3-7-19(8-4-2)12(20)9-18-11-6-5-10(15)13(16)14(11)17/h3-6,18H,1-2,7-9H2. The summed E-state index contributed by atoms with van der Waals surface area (Å²) in [6.07, 6.45) is 3.08. The molecule has 1 aromatic rings. The molecule has 0 atom stereocenters. The van der Waals surface area contributed by atoms with Crippen molar-refractivity contribution < 1.29 is 18.0 Å². The molecule has 6 heteroatoms. The van der Waals surface area contributed by atoms with Gasteiger partial charge in [-0.25, -0.2) is 13.2 Å². The number of hydrogen-bond acceptors (Lipinski definition) is 2. The van der Waals surface area contributed by atoms with Crippen molar-refractivity contribution in [3.63, 3.8) is 0 Å². The van der Waals surface area contributed by atoms with Crippen molar-refractivity contribution in [1.29, 1.82) is 0 Å². The Labute approximate surface area is 115 Å². The molecule has 20 heavy (non-hydrogen) atoms. The van der Waals surface area contributed by atoms with Crippen molar-refractivity contribution in [2.45, 2.75) is 0 Å². The molecule has 0 aliphatic heterocycles. The van der Waals surface area contributed by atoms with E-state index in [0.29, 0.717) is 13.1 Å². The van der Waals surface area contributed by atoms with Crippen LogP contribution in [0.3, 0.4) is 0 Å². The molecule has 0 spiro atoms. The Hall–Kier alpha value is -2.24. The third-order valence-corrected chi connectivity index (χ3v) is 2.52. The highest BCUT2D eigenvalue weighted by molar-refractivity contribution is 5.81. The second-order valence-electron chi connectivity index (χ2n) is 3.95. The number of rotatable bonds is 7. The van der Waals surface area contributed by atoms with E-state index in [1.165, 1.54) is 4.90 Å². The molecule has 1 amide bonds. The van der Waals surface area contributed by atoms with Crippen LogP contribution < -0.4 is 5.32 Å². The Bertz CT molecular complexity index is 507. The lowest BCUT2D eigenvalue weighted by atomic mass is 10.2. The first-order chi connectivity index (χ1) is 9.51. The number of nitrogens with one attached hydrogen (secondary N) is 1. The Morgan fingerprint density at radius 3 is 2.30 bits per heavy atom. The highest BCUT2D eigenvalue weighted by Gasteiger charge is 2.15. The SMILES string of the molecule is C=CCN(CC=C)C(=O)CNc1ccc(F)c(F)c1F. The van der Waals surface area contributed by atoms with E-state index in [-0.39, 0.29) is 18.1 Å². The van der Waals surface area contributed by atoms with E-state index < -0.39 is 17.5 Å². The van der Waals surface area contributed by atoms with Gasteiger partial charge >= 0.3 is 0 Å². The summed E-state index contributed by atoms with van der Waals surface area (Å²) in [4.78, 5) is 13.3. The smallest absolute Gasteiger partial charge is 0.242 e. The van der Waals surface area contributed by atoms with Crippen LogP contribution in [0.25, 0.3) is 0 Å². The third kappa shape index (κ3) is 3.88. The molecule has 0 fully saturated rings. The van der Waals surface area contributed by atoms with E-state index in [2.05, 4.69) is 18.5 Å². The van der Waals surface area contributed by atoms with Crippen molar-refractivity contribution in [3.8, 4) is 0 Å². The van der Waals surface area contributed by atoms with Gasteiger partial charge in [0.15, 0.2) is 17.5 Å². The largest absolute Gasteiger partial charge is 0.374 e. The van der Waals surface area contributed by atoms with E-state index in [9.17, 15) is 18.0 Å². The molecular formula is C14H15F3N2O. The lowest BCUT2D eigenvalue weighted by Gasteiger charge is -2.19. The number of nitrogens with zero attached hydrogens (tertiary/aromatic N) is 1. The van der Waals surface area contributed by atoms with Crippen LogP contribution in [-0.2, 0) is 4.79 Å². The van der Waals surface area contributed by atoms with Crippen LogP contribution in [0, 0.1) is 17.5 Å². The van der Waals surface area contributed by atoms with Gasteiger partial charge in [-0.2, -0.15) is 0 Å². The van der Waals surface area contributed by atoms with Crippen molar-refractivity contribution in [1.82, 2.24) is 4.90 Å². The first-order valence-electron chi connectivity index (χ1n) is 5.88. The fraction of sp³-hybridized carbons (Fsp3) is 0.214. The van der Waals surface area contributed by atoms with Gasteiger partial charge in [-0.3, -0.25) is 4.79 Å². The highest BCUT2D eigenvalue weighted by Crippen LogP contribution is 2.19. The van der Waals surface area contributed by atoms with Gasteiger partial charge in [0.2, 0.25) is 5.91 Å². The van der Waals surface area contributed by atoms with Gasteiger partial charge in [0, 0.05) is 13.1 Å². The molecule has 108 valence electrons. The molecule has 1 rings (SSSR count). The normalized spacial score (nSPS) is 9.95. The molecule has 0 radical (unpaired) electrons. The maximum atomic E-state index is 13.4. The minimum absolute atomic E-state index is 0.246. The van der Waals surface area contributed by atoms with Gasteiger partial charge in [-0.15, -0.1) is 13.2 Å². The predicted octanol–water partition coefficient (Wildman–Crippen LogP) is 2.72. The minimum Gasteiger partial charge on any atom is -0.374 e. The predicted molar refractivity (Wildman–Crippen MR) is 71.8 cm³/mol. The van der Waals surface area contributed by atoms with E-state index in [0.717, 1.165) is 12.1 Å². The van der Waals surface area contributed by atoms with Crippen LogP contribution in [0.5, 0.6) is 0 Å². The zero-order valence-corrected chi connectivity index (χ0v) is 10.8. The number of hydrogen-bond donors (Lipinski definition) is 1. The summed E-state index contributed by atoms with van der Waals surface area (Å²) in [6.45, 7) is 7.42. The zero-order valence-electron chi connectivity index (χ0n) is 10.8. The molecule has 1 N–H and O–H groups in total. The summed E-state index contributed by atoms with van der Waals surface area (Å²) in [5, 5.41) is 2.44. The first kappa shape index (κ1) is 15.8. The number of halogens is 3. The molecule has 0 unspecified atom stereocenters. The molecule has 0 aromatic heterocycles. The van der Waals surface area contributed by atoms with Gasteiger partial charge in [-0.05, 0) is 12.1 Å². The number of amides is 1. The molecule has 0 saturated carbocycles. The van der Waals surface area contributed by atoms with E-state index in [1.54, 1.807) is 12.2 Å². The Morgan fingerprint density at radius 1 is 1.15 bits per heavy atom. The summed E-state index contributed by atoms with van der Waals surface area (Å²) in [5.74, 6) is -4.54. The molecule has 0 aliphatic rings. The highest BCUT2D eigenvalue weighted by atomic mass is 19.2. The second-order valence-corrected chi connectivity index (χ2v) is 3.95. The quantitative estimate of drug-likeness (QED) is 0.617. The average molecular weight is 284 g/mol. The fourth-order valence-corrected chi connectivity index (χ4v) is 1.53. The third-order valence-electron chi connectivity index (χ3n) is 2.52. The van der Waals surface area contributed by atoms with Crippen LogP contribution in [0.1, 0.15) is 0 Å². The van der Waals surface area contributed by atoms with E-state index in [4.69, 9.17) is 0 Å². The Kier molecular flexibility index (Phi) is 5.83. The Balaban J connectivity index is 2.71. The van der Waals surface area contributed by atoms with Gasteiger partial charge in [0.05, 0.1) is 12.2 Å². The van der Waals surface area contributed by atoms with Gasteiger partial charge in [-0.1, -0.05) is 12.2 Å². The van der Waals surface area contributed by atoms with Crippen LogP contribution in [0.2, 0.25) is 0 Å². The van der Waals surface area contributed by atoms with Crippen molar-refractivity contribution in [2.24, 2.45) is 0 Å². The number of carbonyl (C=O) groups is 1. The number of benzene rings is 1. The van der Waals surface area contributed by atoms with Crippen molar-refractivity contribution in [2.75, 3.05) is 25.0 Å². The van der Waals surface area contributed by atoms with E-state index in [1.807, 2.05) is 0 Å². The minimum atomic E-state index is -1.57. The van der Waals surface area contributed by atoms with E-state index >= 15 is 0 Å². The van der Waals surface area contributed by atoms with Crippen LogP contribution in [0.4, 0.5) is 18.9 Å². The monoisotopic (exact) mass is 284 g/mol.